The van der Waals surface area contributed by atoms with Crippen LogP contribution < -0.4 is 10.6 Å². The number of hydrogen-bond donors (Lipinski definition) is 2. The van der Waals surface area contributed by atoms with E-state index in [9.17, 15) is 14.4 Å². The molecule has 0 radical (unpaired) electrons. The zero-order valence-electron chi connectivity index (χ0n) is 11.0. The van der Waals surface area contributed by atoms with E-state index in [0.29, 0.717) is 5.69 Å². The van der Waals surface area contributed by atoms with Crippen LogP contribution in [0.1, 0.15) is 10.4 Å². The van der Waals surface area contributed by atoms with Gasteiger partial charge < -0.3 is 10.1 Å². The van der Waals surface area contributed by atoms with E-state index in [1.807, 2.05) is 0 Å². The summed E-state index contributed by atoms with van der Waals surface area (Å²) in [5.74, 6) is -2.74. The van der Waals surface area contributed by atoms with Crippen LogP contribution in [0.2, 0.25) is 0 Å². The predicted octanol–water partition coefficient (Wildman–Crippen LogP) is 0.933. The average Bonchev–Trinajstić information content (AvgIpc) is 2.47. The summed E-state index contributed by atoms with van der Waals surface area (Å²) in [6.07, 6.45) is -0.683. The van der Waals surface area contributed by atoms with Gasteiger partial charge in [0.2, 0.25) is 5.91 Å². The summed E-state index contributed by atoms with van der Waals surface area (Å²) in [5.41, 5.74) is 0.477. The Morgan fingerprint density at radius 3 is 2.60 bits per heavy atom. The van der Waals surface area contributed by atoms with E-state index in [2.05, 4.69) is 15.4 Å². The summed E-state index contributed by atoms with van der Waals surface area (Å²) in [6.45, 7) is 0. The lowest BCUT2D eigenvalue weighted by Crippen LogP contribution is -2.32. The molecule has 0 spiro atoms. The summed E-state index contributed by atoms with van der Waals surface area (Å²) in [4.78, 5) is 34.6. The first-order valence-electron chi connectivity index (χ1n) is 5.64. The molecule has 0 saturated heterocycles. The van der Waals surface area contributed by atoms with Crippen molar-refractivity contribution in [2.75, 3.05) is 19.5 Å². The molecule has 1 aromatic rings. The van der Waals surface area contributed by atoms with Crippen molar-refractivity contribution in [3.63, 3.8) is 0 Å². The number of amides is 2. The molecule has 0 aliphatic carbocycles. The fraction of sp³-hybridized carbons (Fsp3) is 0.231. The lowest BCUT2D eigenvalue weighted by molar-refractivity contribution is -0.121. The number of hydrogen-bond acceptors (Lipinski definition) is 5. The van der Waals surface area contributed by atoms with Crippen molar-refractivity contribution in [1.29, 1.82) is 5.26 Å². The molecule has 1 aromatic carbocycles. The topological polar surface area (TPSA) is 108 Å². The standard InChI is InChI=1S/C13H13N3O4/c1-15-12(18)10(7-14)11(17)8-4-3-5-9(6-8)16-13(19)20-2/h3-6,10H,1-2H3,(H,15,18)(H,16,19)/t10-/m1/s1. The van der Waals surface area contributed by atoms with Gasteiger partial charge in [-0.2, -0.15) is 5.26 Å². The Labute approximate surface area is 115 Å². The maximum Gasteiger partial charge on any atom is 0.411 e. The van der Waals surface area contributed by atoms with Gasteiger partial charge in [0.25, 0.3) is 0 Å². The highest BCUT2D eigenvalue weighted by atomic mass is 16.5. The number of carbonyl (C=O) groups excluding carboxylic acids is 3. The number of nitriles is 1. The second kappa shape index (κ2) is 6.89. The molecule has 0 aliphatic rings. The second-order valence-electron chi connectivity index (χ2n) is 3.74. The number of ether oxygens (including phenoxy) is 1. The largest absolute Gasteiger partial charge is 0.453 e. The Bertz CT molecular complexity index is 577. The lowest BCUT2D eigenvalue weighted by atomic mass is 9.98. The molecule has 0 bridgehead atoms. The number of nitrogens with zero attached hydrogens (tertiary/aromatic N) is 1. The Balaban J connectivity index is 2.99. The van der Waals surface area contributed by atoms with Crippen molar-refractivity contribution >= 4 is 23.5 Å². The molecule has 1 rings (SSSR count). The molecule has 0 aromatic heterocycles. The third-order valence-electron chi connectivity index (χ3n) is 2.48. The molecule has 1 atom stereocenters. The number of ketones is 1. The number of methoxy groups -OCH3 is 1. The minimum Gasteiger partial charge on any atom is -0.453 e. The average molecular weight is 275 g/mol. The zero-order valence-corrected chi connectivity index (χ0v) is 11.0. The van der Waals surface area contributed by atoms with Crippen molar-refractivity contribution in [2.45, 2.75) is 0 Å². The van der Waals surface area contributed by atoms with E-state index in [0.717, 1.165) is 0 Å². The molecule has 2 N–H and O–H groups in total. The molecule has 0 unspecified atom stereocenters. The van der Waals surface area contributed by atoms with Crippen LogP contribution in [0.3, 0.4) is 0 Å². The molecular formula is C13H13N3O4. The summed E-state index contributed by atoms with van der Waals surface area (Å²) in [7, 11) is 2.55. The van der Waals surface area contributed by atoms with Gasteiger partial charge in [0.05, 0.1) is 13.2 Å². The third kappa shape index (κ3) is 3.55. The molecule has 0 fully saturated rings. The minimum absolute atomic E-state index is 0.147. The fourth-order valence-corrected chi connectivity index (χ4v) is 1.47. The van der Waals surface area contributed by atoms with Crippen LogP contribution in [0, 0.1) is 17.2 Å². The Morgan fingerprint density at radius 2 is 2.05 bits per heavy atom. The normalized spacial score (nSPS) is 10.8. The first-order valence-corrected chi connectivity index (χ1v) is 5.64. The molecule has 2 amide bonds. The highest BCUT2D eigenvalue weighted by Gasteiger charge is 2.26. The van der Waals surface area contributed by atoms with Crippen LogP contribution in [0.25, 0.3) is 0 Å². The minimum atomic E-state index is -1.42. The van der Waals surface area contributed by atoms with E-state index < -0.39 is 23.7 Å². The molecule has 20 heavy (non-hydrogen) atoms. The van der Waals surface area contributed by atoms with Gasteiger partial charge in [-0.1, -0.05) is 12.1 Å². The second-order valence-corrected chi connectivity index (χ2v) is 3.74. The summed E-state index contributed by atoms with van der Waals surface area (Å²) >= 11 is 0. The van der Waals surface area contributed by atoms with Crippen LogP contribution in [-0.4, -0.2) is 31.9 Å². The third-order valence-corrected chi connectivity index (χ3v) is 2.48. The quantitative estimate of drug-likeness (QED) is 0.627. The number of rotatable bonds is 4. The highest BCUT2D eigenvalue weighted by Crippen LogP contribution is 2.15. The van der Waals surface area contributed by atoms with Crippen LogP contribution in [0.4, 0.5) is 10.5 Å². The molecule has 7 nitrogen and oxygen atoms in total. The van der Waals surface area contributed by atoms with Gasteiger partial charge in [-0.25, -0.2) is 4.79 Å². The van der Waals surface area contributed by atoms with Crippen molar-refractivity contribution in [3.05, 3.63) is 29.8 Å². The maximum absolute atomic E-state index is 12.1. The van der Waals surface area contributed by atoms with Crippen molar-refractivity contribution in [3.8, 4) is 6.07 Å². The SMILES string of the molecule is CNC(=O)[C@H](C#N)C(=O)c1cccc(NC(=O)OC)c1. The highest BCUT2D eigenvalue weighted by molar-refractivity contribution is 6.12. The number of Topliss-reactive ketones (excluding diaryl/α,β-unsaturated/α-hetero) is 1. The number of benzene rings is 1. The number of nitrogens with one attached hydrogen (secondary N) is 2. The number of carbonyl (C=O) groups is 3. The predicted molar refractivity (Wildman–Crippen MR) is 70.0 cm³/mol. The molecule has 104 valence electrons. The fourth-order valence-electron chi connectivity index (χ4n) is 1.47. The Kier molecular flexibility index (Phi) is 5.23. The van der Waals surface area contributed by atoms with Crippen LogP contribution >= 0.6 is 0 Å². The smallest absolute Gasteiger partial charge is 0.411 e. The number of anilines is 1. The summed E-state index contributed by atoms with van der Waals surface area (Å²) < 4.78 is 4.43. The Morgan fingerprint density at radius 1 is 1.35 bits per heavy atom. The Hall–Kier alpha value is -2.88. The van der Waals surface area contributed by atoms with Gasteiger partial charge in [-0.3, -0.25) is 14.9 Å². The molecule has 7 heteroatoms. The zero-order chi connectivity index (χ0) is 15.1. The monoisotopic (exact) mass is 275 g/mol. The van der Waals surface area contributed by atoms with Crippen molar-refractivity contribution in [1.82, 2.24) is 5.32 Å². The molecular weight excluding hydrogens is 262 g/mol. The lowest BCUT2D eigenvalue weighted by Gasteiger charge is -2.08. The summed E-state index contributed by atoms with van der Waals surface area (Å²) in [6, 6.07) is 7.55. The molecule has 0 aliphatic heterocycles. The van der Waals surface area contributed by atoms with E-state index in [1.54, 1.807) is 12.1 Å². The van der Waals surface area contributed by atoms with Crippen LogP contribution in [0.5, 0.6) is 0 Å². The molecule has 0 saturated carbocycles. The van der Waals surface area contributed by atoms with Gasteiger partial charge in [0, 0.05) is 18.3 Å². The van der Waals surface area contributed by atoms with Gasteiger partial charge in [0.1, 0.15) is 0 Å². The van der Waals surface area contributed by atoms with Gasteiger partial charge in [-0.15, -0.1) is 0 Å². The summed E-state index contributed by atoms with van der Waals surface area (Å²) in [5, 5.41) is 13.5. The van der Waals surface area contributed by atoms with Crippen molar-refractivity contribution in [2.24, 2.45) is 5.92 Å². The van der Waals surface area contributed by atoms with Crippen LogP contribution in [0.15, 0.2) is 24.3 Å². The van der Waals surface area contributed by atoms with Gasteiger partial charge >= 0.3 is 6.09 Å². The maximum atomic E-state index is 12.1. The first kappa shape index (κ1) is 15.2. The molecule has 0 heterocycles. The van der Waals surface area contributed by atoms with Crippen LogP contribution in [-0.2, 0) is 9.53 Å². The van der Waals surface area contributed by atoms with Gasteiger partial charge in [0.15, 0.2) is 11.7 Å². The van der Waals surface area contributed by atoms with E-state index in [1.165, 1.54) is 32.4 Å². The van der Waals surface area contributed by atoms with E-state index in [4.69, 9.17) is 5.26 Å². The van der Waals surface area contributed by atoms with Gasteiger partial charge in [-0.05, 0) is 12.1 Å². The van der Waals surface area contributed by atoms with Crippen molar-refractivity contribution < 1.29 is 19.1 Å². The first-order chi connectivity index (χ1) is 9.53. The van der Waals surface area contributed by atoms with E-state index >= 15 is 0 Å². The van der Waals surface area contributed by atoms with E-state index in [-0.39, 0.29) is 5.56 Å².